The molecule has 0 spiro atoms. The maximum Gasteiger partial charge on any atom is 0.125 e. The van der Waals surface area contributed by atoms with E-state index >= 15 is 0 Å². The summed E-state index contributed by atoms with van der Waals surface area (Å²) in [5, 5.41) is 10.7. The van der Waals surface area contributed by atoms with Gasteiger partial charge < -0.3 is 9.84 Å². The number of rotatable bonds is 6. The lowest BCUT2D eigenvalue weighted by atomic mass is 10.0. The summed E-state index contributed by atoms with van der Waals surface area (Å²) < 4.78 is 5.95. The van der Waals surface area contributed by atoms with Crippen LogP contribution in [0.15, 0.2) is 83.8 Å². The SMILES string of the molecule is CSc1ccc(C(O)c2ccccc2OCc2ccccc2)cc1. The molecule has 0 aromatic heterocycles. The second-order valence-electron chi connectivity index (χ2n) is 5.49. The van der Waals surface area contributed by atoms with Crippen LogP contribution < -0.4 is 4.74 Å². The van der Waals surface area contributed by atoms with Gasteiger partial charge in [0.1, 0.15) is 18.5 Å². The fourth-order valence-corrected chi connectivity index (χ4v) is 2.95. The van der Waals surface area contributed by atoms with Gasteiger partial charge in [-0.05, 0) is 35.6 Å². The molecule has 1 atom stereocenters. The number of aliphatic hydroxyl groups excluding tert-OH is 1. The molecule has 3 aromatic rings. The summed E-state index contributed by atoms with van der Waals surface area (Å²) >= 11 is 1.69. The molecule has 3 heteroatoms. The van der Waals surface area contributed by atoms with E-state index in [0.717, 1.165) is 16.7 Å². The van der Waals surface area contributed by atoms with E-state index in [2.05, 4.69) is 0 Å². The summed E-state index contributed by atoms with van der Waals surface area (Å²) in [6, 6.07) is 25.7. The van der Waals surface area contributed by atoms with Crippen LogP contribution in [0.4, 0.5) is 0 Å². The average molecular weight is 336 g/mol. The van der Waals surface area contributed by atoms with Crippen LogP contribution in [0.1, 0.15) is 22.8 Å². The predicted molar refractivity (Wildman–Crippen MR) is 99.5 cm³/mol. The lowest BCUT2D eigenvalue weighted by Crippen LogP contribution is -2.04. The van der Waals surface area contributed by atoms with Gasteiger partial charge in [-0.1, -0.05) is 60.7 Å². The van der Waals surface area contributed by atoms with Crippen molar-refractivity contribution in [2.24, 2.45) is 0 Å². The minimum Gasteiger partial charge on any atom is -0.489 e. The van der Waals surface area contributed by atoms with E-state index < -0.39 is 6.10 Å². The van der Waals surface area contributed by atoms with E-state index in [1.165, 1.54) is 4.90 Å². The van der Waals surface area contributed by atoms with Crippen LogP contribution in [0.3, 0.4) is 0 Å². The van der Waals surface area contributed by atoms with Gasteiger partial charge in [-0.15, -0.1) is 11.8 Å². The molecule has 0 aliphatic heterocycles. The molecule has 3 aromatic carbocycles. The lowest BCUT2D eigenvalue weighted by molar-refractivity contribution is 0.209. The van der Waals surface area contributed by atoms with Crippen molar-refractivity contribution in [1.82, 2.24) is 0 Å². The third-order valence-corrected chi connectivity index (χ3v) is 4.63. The van der Waals surface area contributed by atoms with E-state index in [0.29, 0.717) is 12.4 Å². The van der Waals surface area contributed by atoms with Crippen LogP contribution in [-0.2, 0) is 6.61 Å². The zero-order chi connectivity index (χ0) is 16.8. The summed E-state index contributed by atoms with van der Waals surface area (Å²) in [4.78, 5) is 1.18. The number of hydrogen-bond acceptors (Lipinski definition) is 3. The standard InChI is InChI=1S/C21H20O2S/c1-24-18-13-11-17(12-14-18)21(22)19-9-5-6-10-20(19)23-15-16-7-3-2-4-8-16/h2-14,21-22H,15H2,1H3. The zero-order valence-corrected chi connectivity index (χ0v) is 14.4. The summed E-state index contributed by atoms with van der Waals surface area (Å²) in [7, 11) is 0. The maximum absolute atomic E-state index is 10.7. The quantitative estimate of drug-likeness (QED) is 0.637. The fraction of sp³-hybridized carbons (Fsp3) is 0.143. The predicted octanol–water partition coefficient (Wildman–Crippen LogP) is 5.07. The largest absolute Gasteiger partial charge is 0.489 e. The van der Waals surface area contributed by atoms with Crippen molar-refractivity contribution in [3.8, 4) is 5.75 Å². The molecular formula is C21H20O2S. The third-order valence-electron chi connectivity index (χ3n) is 3.88. The molecule has 1 unspecified atom stereocenters. The van der Waals surface area contributed by atoms with Gasteiger partial charge in [0.05, 0.1) is 0 Å². The normalized spacial score (nSPS) is 11.9. The molecule has 0 saturated carbocycles. The Balaban J connectivity index is 1.79. The lowest BCUT2D eigenvalue weighted by Gasteiger charge is -2.17. The Morgan fingerprint density at radius 3 is 2.25 bits per heavy atom. The van der Waals surface area contributed by atoms with E-state index in [-0.39, 0.29) is 0 Å². The van der Waals surface area contributed by atoms with Crippen LogP contribution in [0, 0.1) is 0 Å². The Kier molecular flexibility index (Phi) is 5.57. The van der Waals surface area contributed by atoms with Crippen molar-refractivity contribution in [3.05, 3.63) is 95.6 Å². The van der Waals surface area contributed by atoms with E-state index in [4.69, 9.17) is 4.74 Å². The molecule has 0 heterocycles. The molecule has 1 N–H and O–H groups in total. The van der Waals surface area contributed by atoms with Gasteiger partial charge in [-0.3, -0.25) is 0 Å². The molecule has 2 nitrogen and oxygen atoms in total. The Bertz CT molecular complexity index is 769. The molecule has 0 fully saturated rings. The smallest absolute Gasteiger partial charge is 0.125 e. The van der Waals surface area contributed by atoms with Gasteiger partial charge in [-0.2, -0.15) is 0 Å². The number of thioether (sulfide) groups is 1. The number of ether oxygens (including phenoxy) is 1. The highest BCUT2D eigenvalue weighted by Gasteiger charge is 2.15. The zero-order valence-electron chi connectivity index (χ0n) is 13.6. The van der Waals surface area contributed by atoms with Crippen molar-refractivity contribution in [2.75, 3.05) is 6.26 Å². The maximum atomic E-state index is 10.7. The van der Waals surface area contributed by atoms with E-state index in [1.54, 1.807) is 11.8 Å². The van der Waals surface area contributed by atoms with Gasteiger partial charge in [-0.25, -0.2) is 0 Å². The molecule has 122 valence electrons. The van der Waals surface area contributed by atoms with E-state index in [1.807, 2.05) is 85.1 Å². The van der Waals surface area contributed by atoms with Gasteiger partial charge in [0.15, 0.2) is 0 Å². The molecule has 0 aliphatic rings. The first-order chi connectivity index (χ1) is 11.8. The van der Waals surface area contributed by atoms with Gasteiger partial charge in [0.25, 0.3) is 0 Å². The van der Waals surface area contributed by atoms with Crippen molar-refractivity contribution < 1.29 is 9.84 Å². The second-order valence-corrected chi connectivity index (χ2v) is 6.37. The average Bonchev–Trinajstić information content (AvgIpc) is 2.67. The monoisotopic (exact) mass is 336 g/mol. The Morgan fingerprint density at radius 1 is 0.875 bits per heavy atom. The Labute approximate surface area is 147 Å². The second kappa shape index (κ2) is 8.04. The molecule has 0 bridgehead atoms. The Morgan fingerprint density at radius 2 is 1.54 bits per heavy atom. The number of hydrogen-bond donors (Lipinski definition) is 1. The van der Waals surface area contributed by atoms with E-state index in [9.17, 15) is 5.11 Å². The number of benzene rings is 3. The molecular weight excluding hydrogens is 316 g/mol. The van der Waals surface area contributed by atoms with Crippen molar-refractivity contribution in [3.63, 3.8) is 0 Å². The fourth-order valence-electron chi connectivity index (χ4n) is 2.54. The van der Waals surface area contributed by atoms with Gasteiger partial charge in [0, 0.05) is 10.5 Å². The summed E-state index contributed by atoms with van der Waals surface area (Å²) in [6.07, 6.45) is 1.34. The van der Waals surface area contributed by atoms with Gasteiger partial charge in [0.2, 0.25) is 0 Å². The molecule has 24 heavy (non-hydrogen) atoms. The minimum atomic E-state index is -0.701. The highest BCUT2D eigenvalue weighted by Crippen LogP contribution is 2.31. The summed E-state index contributed by atoms with van der Waals surface area (Å²) in [5.41, 5.74) is 2.75. The summed E-state index contributed by atoms with van der Waals surface area (Å²) in [5.74, 6) is 0.711. The third kappa shape index (κ3) is 3.99. The number of aliphatic hydroxyl groups is 1. The highest BCUT2D eigenvalue weighted by molar-refractivity contribution is 7.98. The first kappa shape index (κ1) is 16.6. The summed E-state index contributed by atoms with van der Waals surface area (Å²) in [6.45, 7) is 0.482. The van der Waals surface area contributed by atoms with Crippen molar-refractivity contribution in [1.29, 1.82) is 0 Å². The first-order valence-corrected chi connectivity index (χ1v) is 9.08. The minimum absolute atomic E-state index is 0.482. The molecule has 3 rings (SSSR count). The number of para-hydroxylation sites is 1. The van der Waals surface area contributed by atoms with Crippen LogP contribution in [0.2, 0.25) is 0 Å². The van der Waals surface area contributed by atoms with Crippen LogP contribution in [-0.4, -0.2) is 11.4 Å². The van der Waals surface area contributed by atoms with Crippen LogP contribution in [0.5, 0.6) is 5.75 Å². The van der Waals surface area contributed by atoms with Crippen LogP contribution in [0.25, 0.3) is 0 Å². The Hall–Kier alpha value is -2.23. The van der Waals surface area contributed by atoms with Crippen molar-refractivity contribution in [2.45, 2.75) is 17.6 Å². The van der Waals surface area contributed by atoms with Crippen LogP contribution >= 0.6 is 11.8 Å². The van der Waals surface area contributed by atoms with Gasteiger partial charge >= 0.3 is 0 Å². The topological polar surface area (TPSA) is 29.5 Å². The highest BCUT2D eigenvalue weighted by atomic mass is 32.2. The molecule has 0 aliphatic carbocycles. The molecule has 0 amide bonds. The molecule has 0 radical (unpaired) electrons. The van der Waals surface area contributed by atoms with Crippen molar-refractivity contribution >= 4 is 11.8 Å². The molecule has 0 saturated heterocycles. The first-order valence-electron chi connectivity index (χ1n) is 7.85.